The highest BCUT2D eigenvalue weighted by Crippen LogP contribution is 2.03. The second-order valence-electron chi connectivity index (χ2n) is 2.63. The quantitative estimate of drug-likeness (QED) is 0.341. The van der Waals surface area contributed by atoms with Crippen molar-refractivity contribution in [2.45, 2.75) is 38.7 Å². The average Bonchev–Trinajstić information content (AvgIpc) is 2.06. The van der Waals surface area contributed by atoms with E-state index in [9.17, 15) is 5.11 Å². The summed E-state index contributed by atoms with van der Waals surface area (Å²) in [5.41, 5.74) is 0. The Labute approximate surface area is 74.4 Å². The van der Waals surface area contributed by atoms with Crippen LogP contribution < -0.4 is 0 Å². The van der Waals surface area contributed by atoms with Crippen LogP contribution in [0.1, 0.15) is 32.6 Å². The van der Waals surface area contributed by atoms with E-state index in [0.717, 1.165) is 25.7 Å². The van der Waals surface area contributed by atoms with Gasteiger partial charge in [0.15, 0.2) is 0 Å². The summed E-state index contributed by atoms with van der Waals surface area (Å²) in [4.78, 5) is 0. The Morgan fingerprint density at radius 3 is 2.83 bits per heavy atom. The fourth-order valence-corrected chi connectivity index (χ4v) is 0.871. The predicted octanol–water partition coefficient (Wildman–Crippen LogP) is 0.984. The second kappa shape index (κ2) is 8.62. The summed E-state index contributed by atoms with van der Waals surface area (Å²) in [5.74, 6) is 0. The minimum atomic E-state index is -0.462. The molecule has 0 saturated heterocycles. The van der Waals surface area contributed by atoms with Gasteiger partial charge in [0.25, 0.3) is 0 Å². The van der Waals surface area contributed by atoms with Crippen LogP contribution in [0.2, 0.25) is 0 Å². The number of unbranched alkanes of at least 4 members (excludes halogenated alkanes) is 2. The van der Waals surface area contributed by atoms with E-state index in [1.54, 1.807) is 0 Å². The van der Waals surface area contributed by atoms with Gasteiger partial charge in [0.1, 0.15) is 0 Å². The van der Waals surface area contributed by atoms with Crippen molar-refractivity contribution in [2.75, 3.05) is 0 Å². The van der Waals surface area contributed by atoms with Gasteiger partial charge in [-0.1, -0.05) is 26.2 Å². The monoisotopic (exact) mass is 171 g/mol. The number of aliphatic hydroxyl groups is 1. The zero-order valence-electron chi connectivity index (χ0n) is 7.44. The van der Waals surface area contributed by atoms with Crippen LogP contribution in [0.25, 0.3) is 0 Å². The predicted molar refractivity (Wildman–Crippen MR) is 48.3 cm³/mol. The summed E-state index contributed by atoms with van der Waals surface area (Å²) < 4.78 is 4.40. The molecule has 0 bridgehead atoms. The number of hydrogen-bond donors (Lipinski definition) is 2. The van der Waals surface area contributed by atoms with Crippen molar-refractivity contribution >= 4 is 7.69 Å². The average molecular weight is 171 g/mol. The normalized spacial score (nSPS) is 13.2. The Morgan fingerprint density at radius 2 is 2.25 bits per heavy atom. The topological polar surface area (TPSA) is 49.7 Å². The van der Waals surface area contributed by atoms with Crippen molar-refractivity contribution in [1.29, 1.82) is 0 Å². The molecule has 0 fully saturated rings. The van der Waals surface area contributed by atoms with Crippen LogP contribution >= 0.6 is 0 Å². The summed E-state index contributed by atoms with van der Waals surface area (Å²) in [5, 5.41) is 17.4. The Balaban J connectivity index is 3.26. The maximum Gasteiger partial charge on any atom is 0.568 e. The van der Waals surface area contributed by atoms with Crippen LogP contribution in [-0.2, 0) is 4.65 Å². The lowest BCUT2D eigenvalue weighted by atomic mass is 10.1. The van der Waals surface area contributed by atoms with Gasteiger partial charge in [0.2, 0.25) is 0 Å². The van der Waals surface area contributed by atoms with Crippen LogP contribution in [0, 0.1) is 0 Å². The summed E-state index contributed by atoms with van der Waals surface area (Å²) in [6.45, 7) is 2.12. The van der Waals surface area contributed by atoms with Gasteiger partial charge >= 0.3 is 7.69 Å². The number of rotatable bonds is 7. The Morgan fingerprint density at radius 1 is 1.50 bits per heavy atom. The summed E-state index contributed by atoms with van der Waals surface area (Å²) in [6, 6.07) is 0. The first-order chi connectivity index (χ1) is 5.81. The third-order valence-electron chi connectivity index (χ3n) is 1.54. The van der Waals surface area contributed by atoms with Gasteiger partial charge in [-0.05, 0) is 12.5 Å². The highest BCUT2D eigenvalue weighted by atomic mass is 16.5. The van der Waals surface area contributed by atoms with Gasteiger partial charge in [-0.3, -0.25) is 0 Å². The standard InChI is InChI=1S/C8H16BO3/c1-2-3-4-5-8(10)6-7-12-9-11/h6-8,10-11H,2-5H2,1H3/b7-6+. The van der Waals surface area contributed by atoms with E-state index < -0.39 is 6.10 Å². The second-order valence-corrected chi connectivity index (χ2v) is 2.63. The van der Waals surface area contributed by atoms with Gasteiger partial charge in [-0.15, -0.1) is 0 Å². The van der Waals surface area contributed by atoms with Crippen molar-refractivity contribution < 1.29 is 14.8 Å². The molecular formula is C8H16BO3. The highest BCUT2D eigenvalue weighted by Gasteiger charge is 1.97. The van der Waals surface area contributed by atoms with E-state index >= 15 is 0 Å². The van der Waals surface area contributed by atoms with Crippen molar-refractivity contribution in [3.8, 4) is 0 Å². The van der Waals surface area contributed by atoms with Crippen molar-refractivity contribution in [3.63, 3.8) is 0 Å². The molecule has 3 nitrogen and oxygen atoms in total. The third kappa shape index (κ3) is 7.63. The molecule has 0 spiro atoms. The van der Waals surface area contributed by atoms with E-state index in [-0.39, 0.29) is 0 Å². The van der Waals surface area contributed by atoms with Gasteiger partial charge in [0.05, 0.1) is 12.4 Å². The van der Waals surface area contributed by atoms with Crippen molar-refractivity contribution in [1.82, 2.24) is 0 Å². The Bertz CT molecular complexity index is 117. The molecule has 0 heterocycles. The molecule has 0 aromatic heterocycles. The Kier molecular flexibility index (Phi) is 8.28. The zero-order chi connectivity index (χ0) is 9.23. The highest BCUT2D eigenvalue weighted by molar-refractivity contribution is 6.16. The number of aliphatic hydroxyl groups excluding tert-OH is 1. The van der Waals surface area contributed by atoms with E-state index in [1.165, 1.54) is 12.3 Å². The van der Waals surface area contributed by atoms with Crippen LogP contribution in [0.15, 0.2) is 12.3 Å². The molecule has 1 radical (unpaired) electrons. The van der Waals surface area contributed by atoms with E-state index in [1.807, 2.05) is 0 Å². The molecule has 0 aromatic rings. The molecule has 0 aliphatic heterocycles. The minimum absolute atomic E-state index is 0.462. The summed E-state index contributed by atoms with van der Waals surface area (Å²) in [7, 11) is 0.579. The fraction of sp³-hybridized carbons (Fsp3) is 0.750. The molecule has 0 aliphatic rings. The lowest BCUT2D eigenvalue weighted by Gasteiger charge is -2.03. The zero-order valence-corrected chi connectivity index (χ0v) is 7.44. The smallest absolute Gasteiger partial charge is 0.543 e. The number of hydrogen-bond acceptors (Lipinski definition) is 3. The third-order valence-corrected chi connectivity index (χ3v) is 1.54. The molecular weight excluding hydrogens is 155 g/mol. The SMILES string of the molecule is CCCCCC(O)/C=C/O[B]O. The molecule has 0 amide bonds. The van der Waals surface area contributed by atoms with Gasteiger partial charge in [-0.25, -0.2) is 0 Å². The Hall–Kier alpha value is -0.475. The maximum absolute atomic E-state index is 9.24. The molecule has 69 valence electrons. The summed E-state index contributed by atoms with van der Waals surface area (Å²) >= 11 is 0. The van der Waals surface area contributed by atoms with Crippen LogP contribution in [0.5, 0.6) is 0 Å². The first-order valence-corrected chi connectivity index (χ1v) is 4.27. The first-order valence-electron chi connectivity index (χ1n) is 4.27. The molecule has 0 aliphatic carbocycles. The van der Waals surface area contributed by atoms with E-state index in [4.69, 9.17) is 5.02 Å². The molecule has 4 heteroatoms. The molecule has 12 heavy (non-hydrogen) atoms. The fourth-order valence-electron chi connectivity index (χ4n) is 0.871. The van der Waals surface area contributed by atoms with Gasteiger partial charge < -0.3 is 14.8 Å². The van der Waals surface area contributed by atoms with Crippen molar-refractivity contribution in [2.24, 2.45) is 0 Å². The first kappa shape index (κ1) is 11.5. The minimum Gasteiger partial charge on any atom is -0.543 e. The van der Waals surface area contributed by atoms with E-state index in [0.29, 0.717) is 7.69 Å². The van der Waals surface area contributed by atoms with Gasteiger partial charge in [-0.2, -0.15) is 0 Å². The molecule has 0 saturated carbocycles. The molecule has 0 rings (SSSR count). The maximum atomic E-state index is 9.24. The molecule has 2 N–H and O–H groups in total. The van der Waals surface area contributed by atoms with Crippen LogP contribution in [0.4, 0.5) is 0 Å². The lowest BCUT2D eigenvalue weighted by Crippen LogP contribution is -2.02. The van der Waals surface area contributed by atoms with Crippen LogP contribution in [0.3, 0.4) is 0 Å². The molecule has 1 unspecified atom stereocenters. The summed E-state index contributed by atoms with van der Waals surface area (Å²) in [6.07, 6.45) is 6.38. The molecule has 1 atom stereocenters. The van der Waals surface area contributed by atoms with Crippen LogP contribution in [-0.4, -0.2) is 23.9 Å². The largest absolute Gasteiger partial charge is 0.568 e. The van der Waals surface area contributed by atoms with Gasteiger partial charge in [0, 0.05) is 0 Å². The van der Waals surface area contributed by atoms with Crippen molar-refractivity contribution in [3.05, 3.63) is 12.3 Å². The van der Waals surface area contributed by atoms with E-state index in [2.05, 4.69) is 11.6 Å². The molecule has 0 aromatic carbocycles. The lowest BCUT2D eigenvalue weighted by molar-refractivity contribution is 0.205.